The van der Waals surface area contributed by atoms with Gasteiger partial charge in [0.15, 0.2) is 5.17 Å². The van der Waals surface area contributed by atoms with Crippen molar-refractivity contribution in [3.05, 3.63) is 82.3 Å². The number of pyridine rings is 1. The molecular formula is C25H26N4O4S. The fourth-order valence-corrected chi connectivity index (χ4v) is 4.88. The number of aliphatic imine (C=N–C) groups is 1. The second-order valence-electron chi connectivity index (χ2n) is 7.68. The van der Waals surface area contributed by atoms with E-state index in [9.17, 15) is 9.59 Å². The van der Waals surface area contributed by atoms with E-state index >= 15 is 0 Å². The molecule has 0 spiro atoms. The van der Waals surface area contributed by atoms with Crippen LogP contribution in [0.15, 0.2) is 76.2 Å². The zero-order valence-electron chi connectivity index (χ0n) is 19.3. The molecule has 2 aliphatic rings. The fourth-order valence-electron chi connectivity index (χ4n) is 3.94. The van der Waals surface area contributed by atoms with Gasteiger partial charge in [-0.1, -0.05) is 30.8 Å². The summed E-state index contributed by atoms with van der Waals surface area (Å²) < 4.78 is 10.4. The molecule has 9 heteroatoms. The predicted molar refractivity (Wildman–Crippen MR) is 131 cm³/mol. The molecule has 0 bridgehead atoms. The van der Waals surface area contributed by atoms with Crippen molar-refractivity contribution in [2.75, 3.05) is 14.2 Å². The lowest BCUT2D eigenvalue weighted by atomic mass is 9.93. The van der Waals surface area contributed by atoms with Crippen LogP contribution >= 0.6 is 11.8 Å². The van der Waals surface area contributed by atoms with Gasteiger partial charge in [-0.05, 0) is 47.2 Å². The fraction of sp³-hybridized carbons (Fsp3) is 0.280. The van der Waals surface area contributed by atoms with Gasteiger partial charge in [0.25, 0.3) is 0 Å². The molecule has 0 fully saturated rings. The highest BCUT2D eigenvalue weighted by Crippen LogP contribution is 2.45. The first-order chi connectivity index (χ1) is 16.5. The number of amidine groups is 1. The first-order valence-electron chi connectivity index (χ1n) is 10.9. The molecular weight excluding hydrogens is 452 g/mol. The van der Waals surface area contributed by atoms with E-state index in [1.165, 1.54) is 18.9 Å². The minimum atomic E-state index is -0.463. The molecule has 1 N–H and O–H groups in total. The number of allylic oxidation sites excluding steroid dienone is 1. The van der Waals surface area contributed by atoms with Crippen LogP contribution in [-0.4, -0.2) is 41.1 Å². The Morgan fingerprint density at radius 1 is 1.12 bits per heavy atom. The summed E-state index contributed by atoms with van der Waals surface area (Å²) >= 11 is 1.45. The Hall–Kier alpha value is -3.59. The zero-order chi connectivity index (χ0) is 24.1. The highest BCUT2D eigenvalue weighted by Gasteiger charge is 2.41. The average molecular weight is 479 g/mol. The van der Waals surface area contributed by atoms with Crippen LogP contribution in [0, 0.1) is 0 Å². The molecule has 176 valence electrons. The van der Waals surface area contributed by atoms with E-state index in [2.05, 4.69) is 10.3 Å². The first kappa shape index (κ1) is 23.6. The van der Waals surface area contributed by atoms with Crippen LogP contribution in [-0.2, 0) is 20.9 Å². The molecule has 0 radical (unpaired) electrons. The van der Waals surface area contributed by atoms with E-state index in [1.54, 1.807) is 19.5 Å². The summed E-state index contributed by atoms with van der Waals surface area (Å²) in [4.78, 5) is 36.4. The number of hydrogen-bond donors (Lipinski definition) is 1. The second kappa shape index (κ2) is 10.6. The maximum absolute atomic E-state index is 12.9. The monoisotopic (exact) mass is 478 g/mol. The van der Waals surface area contributed by atoms with E-state index in [-0.39, 0.29) is 12.3 Å². The van der Waals surface area contributed by atoms with Gasteiger partial charge in [0.1, 0.15) is 5.75 Å². The maximum Gasteiger partial charge on any atom is 0.338 e. The molecule has 0 aliphatic carbocycles. The number of fused-ring (bicyclic) bond motifs is 1. The van der Waals surface area contributed by atoms with Gasteiger partial charge in [-0.25, -0.2) is 9.79 Å². The number of methoxy groups -OCH3 is 2. The van der Waals surface area contributed by atoms with Crippen LogP contribution in [0.25, 0.3) is 0 Å². The molecule has 8 nitrogen and oxygen atoms in total. The minimum absolute atomic E-state index is 0.122. The van der Waals surface area contributed by atoms with Gasteiger partial charge in [-0.3, -0.25) is 9.78 Å². The van der Waals surface area contributed by atoms with Crippen LogP contribution < -0.4 is 10.1 Å². The minimum Gasteiger partial charge on any atom is -0.497 e. The molecule has 1 aromatic carbocycles. The van der Waals surface area contributed by atoms with Gasteiger partial charge in [0.05, 0.1) is 38.0 Å². The molecule has 1 aromatic heterocycles. The number of nitrogens with zero attached hydrogens (tertiary/aromatic N) is 3. The molecule has 2 aliphatic heterocycles. The van der Waals surface area contributed by atoms with Crippen LogP contribution in [0.2, 0.25) is 0 Å². The van der Waals surface area contributed by atoms with Gasteiger partial charge in [0, 0.05) is 24.6 Å². The van der Waals surface area contributed by atoms with Crippen LogP contribution in [0.1, 0.15) is 36.9 Å². The van der Waals surface area contributed by atoms with Crippen molar-refractivity contribution >= 4 is 28.8 Å². The summed E-state index contributed by atoms with van der Waals surface area (Å²) in [5.74, 6) is 0.164. The number of ether oxygens (including phenoxy) is 2. The SMILES string of the molecule is CCC1=C(C(=O)OC)C(c2ccc(OC)cc2)N2C(CC(=O)NCc3ccncc3)=CSC2=N1. The molecule has 1 atom stereocenters. The lowest BCUT2D eigenvalue weighted by Gasteiger charge is -2.36. The Labute approximate surface area is 202 Å². The largest absolute Gasteiger partial charge is 0.497 e. The van der Waals surface area contributed by atoms with Crippen molar-refractivity contribution in [3.8, 4) is 5.75 Å². The predicted octanol–water partition coefficient (Wildman–Crippen LogP) is 3.93. The number of amides is 1. The number of rotatable bonds is 8. The third-order valence-corrected chi connectivity index (χ3v) is 6.53. The van der Waals surface area contributed by atoms with Crippen LogP contribution in [0.4, 0.5) is 0 Å². The summed E-state index contributed by atoms with van der Waals surface area (Å²) in [6.45, 7) is 2.38. The number of nitrogens with one attached hydrogen (secondary N) is 1. The third kappa shape index (κ3) is 4.84. The lowest BCUT2D eigenvalue weighted by Crippen LogP contribution is -2.38. The number of benzene rings is 1. The van der Waals surface area contributed by atoms with Crippen molar-refractivity contribution in [1.82, 2.24) is 15.2 Å². The highest BCUT2D eigenvalue weighted by atomic mass is 32.2. The molecule has 4 rings (SSSR count). The molecule has 34 heavy (non-hydrogen) atoms. The third-order valence-electron chi connectivity index (χ3n) is 5.64. The molecule has 1 unspecified atom stereocenters. The normalized spacial score (nSPS) is 17.0. The molecule has 0 saturated carbocycles. The maximum atomic E-state index is 12.9. The number of thioether (sulfide) groups is 1. The first-order valence-corrected chi connectivity index (χ1v) is 11.8. The Morgan fingerprint density at radius 3 is 2.50 bits per heavy atom. The quantitative estimate of drug-likeness (QED) is 0.575. The average Bonchev–Trinajstić information content (AvgIpc) is 3.28. The van der Waals surface area contributed by atoms with Gasteiger partial charge in [-0.2, -0.15) is 0 Å². The summed E-state index contributed by atoms with van der Waals surface area (Å²) in [6.07, 6.45) is 4.12. The molecule has 2 aromatic rings. The van der Waals surface area contributed by atoms with Crippen molar-refractivity contribution < 1.29 is 19.1 Å². The zero-order valence-corrected chi connectivity index (χ0v) is 20.1. The Bertz CT molecular complexity index is 1160. The van der Waals surface area contributed by atoms with Crippen LogP contribution in [0.3, 0.4) is 0 Å². The molecule has 0 saturated heterocycles. The Kier molecular flexibility index (Phi) is 7.32. The molecule has 3 heterocycles. The van der Waals surface area contributed by atoms with Crippen LogP contribution in [0.5, 0.6) is 5.75 Å². The summed E-state index contributed by atoms with van der Waals surface area (Å²) in [7, 11) is 2.98. The number of esters is 1. The van der Waals surface area contributed by atoms with Crippen molar-refractivity contribution in [1.29, 1.82) is 0 Å². The van der Waals surface area contributed by atoms with E-state index in [0.29, 0.717) is 24.2 Å². The number of carbonyl (C=O) groups is 2. The van der Waals surface area contributed by atoms with Crippen molar-refractivity contribution in [3.63, 3.8) is 0 Å². The van der Waals surface area contributed by atoms with E-state index in [4.69, 9.17) is 14.5 Å². The highest BCUT2D eigenvalue weighted by molar-refractivity contribution is 8.16. The van der Waals surface area contributed by atoms with E-state index in [1.807, 2.05) is 53.6 Å². The van der Waals surface area contributed by atoms with Crippen molar-refractivity contribution in [2.24, 2.45) is 4.99 Å². The Morgan fingerprint density at radius 2 is 1.85 bits per heavy atom. The smallest absolute Gasteiger partial charge is 0.338 e. The number of aromatic nitrogens is 1. The number of carbonyl (C=O) groups excluding carboxylic acids is 2. The van der Waals surface area contributed by atoms with Gasteiger partial charge in [0.2, 0.25) is 5.91 Å². The van der Waals surface area contributed by atoms with E-state index < -0.39 is 12.0 Å². The van der Waals surface area contributed by atoms with Gasteiger partial charge in [-0.15, -0.1) is 0 Å². The molecule has 1 amide bonds. The standard InChI is InChI=1S/C25H26N4O4S/c1-4-20-22(24(31)33-3)23(17-5-7-19(32-2)8-6-17)29-18(15-34-25(29)28-20)13-21(30)27-14-16-9-11-26-12-10-16/h5-12,15,23H,4,13-14H2,1-3H3,(H,27,30). The van der Waals surface area contributed by atoms with E-state index in [0.717, 1.165) is 27.7 Å². The second-order valence-corrected chi connectivity index (χ2v) is 8.52. The van der Waals surface area contributed by atoms with Gasteiger partial charge < -0.3 is 19.7 Å². The number of hydrogen-bond acceptors (Lipinski definition) is 8. The summed E-state index contributed by atoms with van der Waals surface area (Å²) in [5.41, 5.74) is 3.78. The summed E-state index contributed by atoms with van der Waals surface area (Å²) in [6, 6.07) is 10.8. The topological polar surface area (TPSA) is 93.1 Å². The lowest BCUT2D eigenvalue weighted by molar-refractivity contribution is -0.136. The summed E-state index contributed by atoms with van der Waals surface area (Å²) in [5, 5.41) is 5.62. The van der Waals surface area contributed by atoms with Crippen molar-refractivity contribution in [2.45, 2.75) is 32.4 Å². The Balaban J connectivity index is 1.63. The van der Waals surface area contributed by atoms with Gasteiger partial charge >= 0.3 is 5.97 Å².